The van der Waals surface area contributed by atoms with E-state index in [0.29, 0.717) is 30.9 Å². The number of nitrogens with zero attached hydrogens (tertiary/aromatic N) is 3. The molecule has 1 atom stereocenters. The zero-order valence-corrected chi connectivity index (χ0v) is 22.1. The number of halogens is 3. The smallest absolute Gasteiger partial charge is 0.489 e. The number of imidazole rings is 1. The molecule has 4 aromatic rings. The second kappa shape index (κ2) is 11.1. The van der Waals surface area contributed by atoms with Crippen LogP contribution in [-0.2, 0) is 37.4 Å². The van der Waals surface area contributed by atoms with E-state index < -0.39 is 12.3 Å². The Kier molecular flexibility index (Phi) is 7.31. The maximum atomic E-state index is 12.8. The van der Waals surface area contributed by atoms with Gasteiger partial charge in [0.2, 0.25) is 0 Å². The van der Waals surface area contributed by atoms with Gasteiger partial charge in [0.15, 0.2) is 0 Å². The first kappa shape index (κ1) is 27.1. The molecule has 41 heavy (non-hydrogen) atoms. The fourth-order valence-electron chi connectivity index (χ4n) is 5.29. The van der Waals surface area contributed by atoms with Gasteiger partial charge >= 0.3 is 12.3 Å². The number of benzene rings is 3. The Morgan fingerprint density at radius 2 is 1.93 bits per heavy atom. The fourth-order valence-corrected chi connectivity index (χ4v) is 5.29. The van der Waals surface area contributed by atoms with Crippen LogP contribution in [0.25, 0.3) is 11.0 Å². The van der Waals surface area contributed by atoms with Gasteiger partial charge in [-0.1, -0.05) is 24.3 Å². The molecule has 0 unspecified atom stereocenters. The van der Waals surface area contributed by atoms with Gasteiger partial charge in [-0.05, 0) is 60.4 Å². The molecule has 2 aliphatic rings. The lowest BCUT2D eigenvalue weighted by atomic mass is 9.99. The Balaban J connectivity index is 1.18. The maximum absolute atomic E-state index is 12.8. The second-order valence-electron chi connectivity index (χ2n) is 10.3. The largest absolute Gasteiger partial charge is 0.573 e. The molecule has 6 rings (SSSR count). The number of carboxylic acid groups (broad SMARTS) is 1. The van der Waals surface area contributed by atoms with Gasteiger partial charge < -0.3 is 23.9 Å². The highest BCUT2D eigenvalue weighted by Crippen LogP contribution is 2.30. The van der Waals surface area contributed by atoms with Gasteiger partial charge in [-0.15, -0.1) is 13.2 Å². The van der Waals surface area contributed by atoms with Crippen molar-refractivity contribution in [2.45, 2.75) is 51.5 Å². The number of alkyl halides is 3. The highest BCUT2D eigenvalue weighted by molar-refractivity contribution is 5.92. The van der Waals surface area contributed by atoms with Crippen molar-refractivity contribution in [1.29, 1.82) is 0 Å². The van der Waals surface area contributed by atoms with E-state index in [1.165, 1.54) is 17.7 Å². The van der Waals surface area contributed by atoms with Gasteiger partial charge in [0, 0.05) is 25.3 Å². The zero-order chi connectivity index (χ0) is 28.6. The first-order chi connectivity index (χ1) is 19.7. The average molecular weight is 568 g/mol. The number of rotatable bonds is 9. The zero-order valence-electron chi connectivity index (χ0n) is 22.1. The molecule has 0 amide bonds. The Morgan fingerprint density at radius 1 is 1.10 bits per heavy atom. The van der Waals surface area contributed by atoms with Crippen molar-refractivity contribution in [3.8, 4) is 11.5 Å². The van der Waals surface area contributed by atoms with E-state index in [9.17, 15) is 23.1 Å². The summed E-state index contributed by atoms with van der Waals surface area (Å²) in [6.45, 7) is 3.29. The third-order valence-electron chi connectivity index (χ3n) is 7.48. The van der Waals surface area contributed by atoms with Crippen LogP contribution in [0.1, 0.15) is 39.3 Å². The monoisotopic (exact) mass is 567 g/mol. The van der Waals surface area contributed by atoms with Crippen molar-refractivity contribution in [2.75, 3.05) is 13.2 Å². The molecule has 0 spiro atoms. The number of fused-ring (bicyclic) bond motifs is 2. The number of hydrogen-bond acceptors (Lipinski definition) is 6. The number of carboxylic acids is 1. The van der Waals surface area contributed by atoms with E-state index in [1.807, 2.05) is 18.2 Å². The van der Waals surface area contributed by atoms with Crippen LogP contribution in [0.5, 0.6) is 11.5 Å². The highest BCUT2D eigenvalue weighted by atomic mass is 19.4. The molecule has 1 saturated heterocycles. The number of carbonyl (C=O) groups is 1. The van der Waals surface area contributed by atoms with Crippen molar-refractivity contribution in [3.63, 3.8) is 0 Å². The molecule has 0 saturated carbocycles. The Hall–Kier alpha value is -4.09. The lowest BCUT2D eigenvalue weighted by Crippen LogP contribution is -2.34. The molecule has 1 fully saturated rings. The Bertz CT molecular complexity index is 1580. The van der Waals surface area contributed by atoms with Crippen LogP contribution in [0.2, 0.25) is 0 Å². The van der Waals surface area contributed by atoms with E-state index >= 15 is 0 Å². The normalized spacial score (nSPS) is 17.2. The maximum Gasteiger partial charge on any atom is 0.573 e. The number of hydrogen-bond donors (Lipinski definition) is 1. The van der Waals surface area contributed by atoms with E-state index in [2.05, 4.69) is 14.2 Å². The molecular formula is C30H28F3N3O5. The van der Waals surface area contributed by atoms with Crippen LogP contribution in [0.4, 0.5) is 13.2 Å². The standard InChI is InChI=1S/C30H28F3N3O5/c31-30(32,33)41-27-4-2-1-3-21(27)18-40-23-7-5-19-9-11-35(15-22(19)13-23)17-28-34-25-8-6-20(29(37)38)14-26(25)36(28)16-24-10-12-39-24/h1-8,13-14,24H,9-12,15-18H2,(H,37,38)/t24-/m0/s1. The molecule has 3 heterocycles. The fraction of sp³-hybridized carbons (Fsp3) is 0.333. The average Bonchev–Trinajstić information content (AvgIpc) is 3.24. The van der Waals surface area contributed by atoms with E-state index in [-0.39, 0.29) is 24.0 Å². The molecule has 3 aromatic carbocycles. The van der Waals surface area contributed by atoms with Gasteiger partial charge in [-0.25, -0.2) is 9.78 Å². The predicted molar refractivity (Wildman–Crippen MR) is 143 cm³/mol. The van der Waals surface area contributed by atoms with Gasteiger partial charge in [0.1, 0.15) is 23.9 Å². The van der Waals surface area contributed by atoms with Crippen LogP contribution >= 0.6 is 0 Å². The third kappa shape index (κ3) is 6.15. The minimum Gasteiger partial charge on any atom is -0.489 e. The van der Waals surface area contributed by atoms with Crippen LogP contribution < -0.4 is 9.47 Å². The number of para-hydroxylation sites is 1. The molecular weight excluding hydrogens is 539 g/mol. The second-order valence-corrected chi connectivity index (χ2v) is 10.3. The van der Waals surface area contributed by atoms with Crippen molar-refractivity contribution in [3.05, 3.63) is 88.7 Å². The summed E-state index contributed by atoms with van der Waals surface area (Å²) in [7, 11) is 0. The number of aromatic carboxylic acids is 1. The summed E-state index contributed by atoms with van der Waals surface area (Å²) in [5.74, 6) is 0.135. The summed E-state index contributed by atoms with van der Waals surface area (Å²) >= 11 is 0. The SMILES string of the molecule is O=C(O)c1ccc2nc(CN3CCc4ccc(OCc5ccccc5OC(F)(F)F)cc4C3)n(C[C@@H]3CCO3)c2c1. The van der Waals surface area contributed by atoms with Gasteiger partial charge in [-0.3, -0.25) is 4.90 Å². The van der Waals surface area contributed by atoms with Gasteiger partial charge in [0.25, 0.3) is 0 Å². The number of ether oxygens (including phenoxy) is 3. The highest BCUT2D eigenvalue weighted by Gasteiger charge is 2.32. The lowest BCUT2D eigenvalue weighted by Gasteiger charge is -2.30. The summed E-state index contributed by atoms with van der Waals surface area (Å²) in [6.07, 6.45) is -2.93. The van der Waals surface area contributed by atoms with Gasteiger partial charge in [-0.2, -0.15) is 0 Å². The molecule has 2 aliphatic heterocycles. The third-order valence-corrected chi connectivity index (χ3v) is 7.48. The summed E-state index contributed by atoms with van der Waals surface area (Å²) in [5, 5.41) is 9.49. The molecule has 0 radical (unpaired) electrons. The summed E-state index contributed by atoms with van der Waals surface area (Å²) in [6, 6.07) is 16.7. The predicted octanol–water partition coefficient (Wildman–Crippen LogP) is 5.56. The quantitative estimate of drug-likeness (QED) is 0.284. The summed E-state index contributed by atoms with van der Waals surface area (Å²) in [5.41, 5.74) is 4.30. The Morgan fingerprint density at radius 3 is 2.68 bits per heavy atom. The van der Waals surface area contributed by atoms with Crippen molar-refractivity contribution >= 4 is 17.0 Å². The van der Waals surface area contributed by atoms with E-state index in [1.54, 1.807) is 30.3 Å². The lowest BCUT2D eigenvalue weighted by molar-refractivity contribution is -0.275. The first-order valence-electron chi connectivity index (χ1n) is 13.4. The molecule has 214 valence electrons. The minimum absolute atomic E-state index is 0.0691. The molecule has 1 N–H and O–H groups in total. The van der Waals surface area contributed by atoms with Crippen LogP contribution in [0, 0.1) is 0 Å². The topological polar surface area (TPSA) is 86.0 Å². The van der Waals surface area contributed by atoms with Crippen LogP contribution in [0.3, 0.4) is 0 Å². The first-order valence-corrected chi connectivity index (χ1v) is 13.4. The molecule has 0 bridgehead atoms. The van der Waals surface area contributed by atoms with Crippen LogP contribution in [0.15, 0.2) is 60.7 Å². The van der Waals surface area contributed by atoms with Crippen molar-refractivity contribution in [1.82, 2.24) is 14.5 Å². The number of aromatic nitrogens is 2. The molecule has 0 aliphatic carbocycles. The molecule has 11 heteroatoms. The van der Waals surface area contributed by atoms with E-state index in [0.717, 1.165) is 48.4 Å². The molecule has 8 nitrogen and oxygen atoms in total. The summed E-state index contributed by atoms with van der Waals surface area (Å²) in [4.78, 5) is 18.7. The molecule has 1 aromatic heterocycles. The summed E-state index contributed by atoms with van der Waals surface area (Å²) < 4.78 is 56.1. The van der Waals surface area contributed by atoms with Crippen molar-refractivity contribution in [2.24, 2.45) is 0 Å². The minimum atomic E-state index is -4.78. The van der Waals surface area contributed by atoms with Crippen LogP contribution in [-0.4, -0.2) is 51.1 Å². The van der Waals surface area contributed by atoms with Gasteiger partial charge in [0.05, 0.1) is 35.8 Å². The Labute approximate surface area is 233 Å². The van der Waals surface area contributed by atoms with E-state index in [4.69, 9.17) is 14.5 Å². The van der Waals surface area contributed by atoms with Crippen molar-refractivity contribution < 1.29 is 37.3 Å².